The molecule has 1 atom stereocenters. The number of fused-ring (bicyclic) bond motifs is 1. The molecule has 0 bridgehead atoms. The molecule has 2 rings (SSSR count). The summed E-state index contributed by atoms with van der Waals surface area (Å²) in [4.78, 5) is 23.1. The normalized spacial score (nSPS) is 22.6. The molecule has 0 aromatic carbocycles. The molecule has 7 heteroatoms. The minimum Gasteiger partial charge on any atom is -0.468 e. The number of carbonyl (C=O) groups excluding carboxylic acids is 2. The predicted octanol–water partition coefficient (Wildman–Crippen LogP) is 0.507. The van der Waals surface area contributed by atoms with E-state index in [-0.39, 0.29) is 9.77 Å². The zero-order valence-electron chi connectivity index (χ0n) is 8.30. The second-order valence-electron chi connectivity index (χ2n) is 3.34. The summed E-state index contributed by atoms with van der Waals surface area (Å²) < 4.78 is 28.0. The zero-order chi connectivity index (χ0) is 11.9. The summed E-state index contributed by atoms with van der Waals surface area (Å²) in [6.07, 6.45) is 0. The van der Waals surface area contributed by atoms with E-state index in [0.29, 0.717) is 0 Å². The van der Waals surface area contributed by atoms with Gasteiger partial charge in [0.25, 0.3) is 0 Å². The minimum absolute atomic E-state index is 0.0534. The molecule has 0 saturated heterocycles. The Morgan fingerprint density at radius 2 is 2.25 bits per heavy atom. The van der Waals surface area contributed by atoms with Gasteiger partial charge in [0.1, 0.15) is 10.1 Å². The van der Waals surface area contributed by atoms with Crippen LogP contribution in [0.5, 0.6) is 0 Å². The summed E-state index contributed by atoms with van der Waals surface area (Å²) in [6, 6.07) is 1.43. The first-order chi connectivity index (χ1) is 7.47. The number of thiophene rings is 1. The number of hydrogen-bond donors (Lipinski definition) is 0. The third kappa shape index (κ3) is 1.56. The molecule has 86 valence electrons. The molecule has 5 nitrogen and oxygen atoms in total. The van der Waals surface area contributed by atoms with Gasteiger partial charge in [-0.1, -0.05) is 0 Å². The SMILES string of the molecule is COC(=O)C1CS(=O)(=O)c2sccc2C1=O. The summed E-state index contributed by atoms with van der Waals surface area (Å²) >= 11 is 0.997. The van der Waals surface area contributed by atoms with Crippen LogP contribution in [0.25, 0.3) is 0 Å². The van der Waals surface area contributed by atoms with E-state index in [1.54, 1.807) is 0 Å². The van der Waals surface area contributed by atoms with Crippen LogP contribution in [0.3, 0.4) is 0 Å². The molecule has 0 N–H and O–H groups in total. The number of carbonyl (C=O) groups is 2. The van der Waals surface area contributed by atoms with E-state index in [4.69, 9.17) is 0 Å². The summed E-state index contributed by atoms with van der Waals surface area (Å²) in [5.41, 5.74) is 0.103. The van der Waals surface area contributed by atoms with Gasteiger partial charge in [-0.05, 0) is 11.4 Å². The van der Waals surface area contributed by atoms with Gasteiger partial charge in [-0.2, -0.15) is 0 Å². The third-order valence-corrected chi connectivity index (χ3v) is 5.68. The fraction of sp³-hybridized carbons (Fsp3) is 0.333. The van der Waals surface area contributed by atoms with Crippen molar-refractivity contribution in [2.45, 2.75) is 4.21 Å². The molecule has 16 heavy (non-hydrogen) atoms. The van der Waals surface area contributed by atoms with E-state index in [1.807, 2.05) is 0 Å². The van der Waals surface area contributed by atoms with Crippen LogP contribution in [-0.2, 0) is 19.4 Å². The molecule has 2 heterocycles. The van der Waals surface area contributed by atoms with Gasteiger partial charge in [-0.3, -0.25) is 9.59 Å². The van der Waals surface area contributed by atoms with Crippen molar-refractivity contribution in [2.24, 2.45) is 5.92 Å². The molecular formula is C9H8O5S2. The highest BCUT2D eigenvalue weighted by Gasteiger charge is 2.42. The van der Waals surface area contributed by atoms with Crippen LogP contribution in [0.4, 0.5) is 0 Å². The molecule has 0 aliphatic carbocycles. The fourth-order valence-electron chi connectivity index (χ4n) is 1.59. The maximum absolute atomic E-state index is 11.8. The van der Waals surface area contributed by atoms with Crippen LogP contribution in [0.15, 0.2) is 15.7 Å². The van der Waals surface area contributed by atoms with E-state index < -0.39 is 33.3 Å². The maximum atomic E-state index is 11.8. The highest BCUT2D eigenvalue weighted by Crippen LogP contribution is 2.32. The molecule has 1 aliphatic heterocycles. The third-order valence-electron chi connectivity index (χ3n) is 2.37. The molecule has 0 saturated carbocycles. The number of methoxy groups -OCH3 is 1. The predicted molar refractivity (Wildman–Crippen MR) is 56.2 cm³/mol. The van der Waals surface area contributed by atoms with Gasteiger partial charge < -0.3 is 4.74 Å². The number of ether oxygens (including phenoxy) is 1. The number of hydrogen-bond acceptors (Lipinski definition) is 6. The summed E-state index contributed by atoms with van der Waals surface area (Å²) in [7, 11) is -2.41. The number of Topliss-reactive ketones (excluding diaryl/α,β-unsaturated/α-hetero) is 1. The molecule has 0 amide bonds. The Bertz CT molecular complexity index is 554. The second kappa shape index (κ2) is 3.67. The van der Waals surface area contributed by atoms with Gasteiger partial charge >= 0.3 is 5.97 Å². The first-order valence-electron chi connectivity index (χ1n) is 4.39. The monoisotopic (exact) mass is 260 g/mol. The Hall–Kier alpha value is -1.21. The molecule has 0 radical (unpaired) electrons. The lowest BCUT2D eigenvalue weighted by molar-refractivity contribution is -0.143. The molecule has 1 aromatic rings. The van der Waals surface area contributed by atoms with Crippen LogP contribution < -0.4 is 0 Å². The maximum Gasteiger partial charge on any atom is 0.317 e. The van der Waals surface area contributed by atoms with Gasteiger partial charge in [-0.25, -0.2) is 8.42 Å². The van der Waals surface area contributed by atoms with Gasteiger partial charge in [0.2, 0.25) is 0 Å². The van der Waals surface area contributed by atoms with E-state index in [2.05, 4.69) is 4.74 Å². The lowest BCUT2D eigenvalue weighted by Gasteiger charge is -2.18. The number of ketones is 1. The van der Waals surface area contributed by atoms with Crippen molar-refractivity contribution in [3.8, 4) is 0 Å². The average Bonchev–Trinajstić information content (AvgIpc) is 2.72. The van der Waals surface area contributed by atoms with E-state index in [1.165, 1.54) is 11.4 Å². The Kier molecular flexibility index (Phi) is 2.59. The first-order valence-corrected chi connectivity index (χ1v) is 6.93. The van der Waals surface area contributed by atoms with Crippen molar-refractivity contribution in [2.75, 3.05) is 12.9 Å². The summed E-state index contributed by atoms with van der Waals surface area (Å²) in [5.74, 6) is -2.99. The minimum atomic E-state index is -3.54. The summed E-state index contributed by atoms with van der Waals surface area (Å²) in [5, 5.41) is 1.53. The molecule has 1 aliphatic rings. The Balaban J connectivity index is 2.55. The fourth-order valence-corrected chi connectivity index (χ4v) is 4.56. The van der Waals surface area contributed by atoms with Gasteiger partial charge in [0, 0.05) is 5.56 Å². The van der Waals surface area contributed by atoms with Crippen molar-refractivity contribution in [3.05, 3.63) is 17.0 Å². The van der Waals surface area contributed by atoms with E-state index in [9.17, 15) is 18.0 Å². The quantitative estimate of drug-likeness (QED) is 0.543. The lowest BCUT2D eigenvalue weighted by Crippen LogP contribution is -2.36. The Labute approximate surface area is 96.0 Å². The number of rotatable bonds is 1. The molecular weight excluding hydrogens is 252 g/mol. The highest BCUT2D eigenvalue weighted by molar-refractivity contribution is 7.93. The van der Waals surface area contributed by atoms with Crippen LogP contribution in [-0.4, -0.2) is 33.0 Å². The van der Waals surface area contributed by atoms with Crippen molar-refractivity contribution >= 4 is 32.9 Å². The number of sulfone groups is 1. The molecule has 1 aromatic heterocycles. The van der Waals surface area contributed by atoms with Crippen LogP contribution >= 0.6 is 11.3 Å². The highest BCUT2D eigenvalue weighted by atomic mass is 32.2. The van der Waals surface area contributed by atoms with Crippen LogP contribution in [0, 0.1) is 5.92 Å². The molecule has 1 unspecified atom stereocenters. The number of esters is 1. The Morgan fingerprint density at radius 3 is 2.88 bits per heavy atom. The smallest absolute Gasteiger partial charge is 0.317 e. The standard InChI is InChI=1S/C9H8O5S2/c1-14-8(11)6-4-16(12,13)9-5(7(6)10)2-3-15-9/h2-3,6H,4H2,1H3. The van der Waals surface area contributed by atoms with Crippen LogP contribution in [0.1, 0.15) is 10.4 Å². The van der Waals surface area contributed by atoms with E-state index in [0.717, 1.165) is 18.4 Å². The van der Waals surface area contributed by atoms with Crippen LogP contribution in [0.2, 0.25) is 0 Å². The topological polar surface area (TPSA) is 77.5 Å². The van der Waals surface area contributed by atoms with Crippen molar-refractivity contribution in [1.82, 2.24) is 0 Å². The van der Waals surface area contributed by atoms with Gasteiger partial charge in [-0.15, -0.1) is 11.3 Å². The van der Waals surface area contributed by atoms with Gasteiger partial charge in [0.15, 0.2) is 15.6 Å². The summed E-state index contributed by atoms with van der Waals surface area (Å²) in [6.45, 7) is 0. The molecule has 0 fully saturated rings. The van der Waals surface area contributed by atoms with Crippen molar-refractivity contribution in [3.63, 3.8) is 0 Å². The zero-order valence-corrected chi connectivity index (χ0v) is 9.93. The van der Waals surface area contributed by atoms with E-state index >= 15 is 0 Å². The second-order valence-corrected chi connectivity index (χ2v) is 6.49. The molecule has 0 spiro atoms. The van der Waals surface area contributed by atoms with Crippen molar-refractivity contribution in [1.29, 1.82) is 0 Å². The average molecular weight is 260 g/mol. The first kappa shape index (κ1) is 11.3. The van der Waals surface area contributed by atoms with Crippen molar-refractivity contribution < 1.29 is 22.7 Å². The Morgan fingerprint density at radius 1 is 1.56 bits per heavy atom. The largest absolute Gasteiger partial charge is 0.468 e. The lowest BCUT2D eigenvalue weighted by atomic mass is 10.0. The van der Waals surface area contributed by atoms with Gasteiger partial charge in [0.05, 0.1) is 12.9 Å².